The van der Waals surface area contributed by atoms with Crippen LogP contribution in [0, 0.1) is 0 Å². The first-order valence-corrected chi connectivity index (χ1v) is 6.88. The molecule has 1 aromatic rings. The number of amides is 2. The van der Waals surface area contributed by atoms with Crippen LogP contribution in [0.5, 0.6) is 5.75 Å². The van der Waals surface area contributed by atoms with Crippen LogP contribution in [0.15, 0.2) is 24.3 Å². The van der Waals surface area contributed by atoms with Crippen molar-refractivity contribution in [2.75, 3.05) is 26.7 Å². The first kappa shape index (κ1) is 17.1. The zero-order valence-corrected chi connectivity index (χ0v) is 12.3. The molecule has 0 spiro atoms. The molecule has 1 aliphatic rings. The molecule has 2 N–H and O–H groups in total. The largest absolute Gasteiger partial charge is 0.573 e. The van der Waals surface area contributed by atoms with Gasteiger partial charge in [0.1, 0.15) is 11.8 Å². The Balaban J connectivity index is 2.18. The highest BCUT2D eigenvalue weighted by Crippen LogP contribution is 2.27. The number of nitrogens with one attached hydrogen (secondary N) is 2. The van der Waals surface area contributed by atoms with E-state index in [4.69, 9.17) is 0 Å². The van der Waals surface area contributed by atoms with Gasteiger partial charge in [0.25, 0.3) is 0 Å². The smallest absolute Gasteiger partial charge is 0.406 e. The number of carbonyl (C=O) groups is 2. The summed E-state index contributed by atoms with van der Waals surface area (Å²) < 4.78 is 40.3. The zero-order chi connectivity index (χ0) is 17.0. The minimum atomic E-state index is -4.77. The Morgan fingerprint density at radius 2 is 2.04 bits per heavy atom. The Morgan fingerprint density at radius 1 is 1.39 bits per heavy atom. The van der Waals surface area contributed by atoms with Gasteiger partial charge in [0, 0.05) is 20.1 Å². The minimum absolute atomic E-state index is 0.0232. The van der Waals surface area contributed by atoms with Crippen molar-refractivity contribution in [1.29, 1.82) is 0 Å². The van der Waals surface area contributed by atoms with E-state index >= 15 is 0 Å². The number of nitrogens with zero attached hydrogens (tertiary/aromatic N) is 1. The zero-order valence-electron chi connectivity index (χ0n) is 12.3. The topological polar surface area (TPSA) is 70.7 Å². The van der Waals surface area contributed by atoms with Gasteiger partial charge in [-0.3, -0.25) is 14.5 Å². The van der Waals surface area contributed by atoms with Crippen LogP contribution in [-0.2, 0) is 9.59 Å². The van der Waals surface area contributed by atoms with Crippen molar-refractivity contribution in [3.05, 3.63) is 29.8 Å². The summed E-state index contributed by atoms with van der Waals surface area (Å²) >= 11 is 0. The van der Waals surface area contributed by atoms with E-state index in [-0.39, 0.29) is 24.1 Å². The molecule has 0 aromatic heterocycles. The van der Waals surface area contributed by atoms with E-state index in [1.807, 2.05) is 0 Å². The Kier molecular flexibility index (Phi) is 5.09. The van der Waals surface area contributed by atoms with Gasteiger partial charge in [-0.15, -0.1) is 13.2 Å². The number of hydrogen-bond donors (Lipinski definition) is 2. The molecule has 1 heterocycles. The standard InChI is InChI=1S/C14H16F3N3O3/c1-18-11(21)8-20-7-6-19-13(22)12(20)9-2-4-10(5-3-9)23-14(15,16)17/h2-5,12H,6-8H2,1H3,(H,18,21)(H,19,22)/t12-/m1/s1. The lowest BCUT2D eigenvalue weighted by Gasteiger charge is -2.34. The molecule has 1 fully saturated rings. The SMILES string of the molecule is CNC(=O)CN1CCNC(=O)[C@H]1c1ccc(OC(F)(F)F)cc1. The number of rotatable bonds is 4. The molecule has 0 aliphatic carbocycles. The van der Waals surface area contributed by atoms with Crippen LogP contribution in [0.2, 0.25) is 0 Å². The molecule has 0 radical (unpaired) electrons. The van der Waals surface area contributed by atoms with Crippen LogP contribution in [0.1, 0.15) is 11.6 Å². The van der Waals surface area contributed by atoms with Crippen LogP contribution >= 0.6 is 0 Å². The highest BCUT2D eigenvalue weighted by atomic mass is 19.4. The molecule has 6 nitrogen and oxygen atoms in total. The summed E-state index contributed by atoms with van der Waals surface area (Å²) in [6, 6.07) is 4.31. The third kappa shape index (κ3) is 4.59. The number of ether oxygens (including phenoxy) is 1. The lowest BCUT2D eigenvalue weighted by molar-refractivity contribution is -0.274. The van der Waals surface area contributed by atoms with Crippen LogP contribution in [0.4, 0.5) is 13.2 Å². The van der Waals surface area contributed by atoms with Crippen molar-refractivity contribution in [3.63, 3.8) is 0 Å². The predicted molar refractivity (Wildman–Crippen MR) is 74.5 cm³/mol. The van der Waals surface area contributed by atoms with E-state index in [9.17, 15) is 22.8 Å². The lowest BCUT2D eigenvalue weighted by atomic mass is 10.0. The Labute approximate surface area is 130 Å². The molecule has 126 valence electrons. The van der Waals surface area contributed by atoms with Crippen LogP contribution in [0.3, 0.4) is 0 Å². The van der Waals surface area contributed by atoms with E-state index in [0.29, 0.717) is 18.7 Å². The monoisotopic (exact) mass is 331 g/mol. The fourth-order valence-electron chi connectivity index (χ4n) is 2.36. The maximum Gasteiger partial charge on any atom is 0.573 e. The van der Waals surface area contributed by atoms with Crippen molar-refractivity contribution >= 4 is 11.8 Å². The van der Waals surface area contributed by atoms with Gasteiger partial charge in [0.15, 0.2) is 0 Å². The molecule has 1 saturated heterocycles. The average Bonchev–Trinajstić information content (AvgIpc) is 2.47. The van der Waals surface area contributed by atoms with E-state index < -0.39 is 12.4 Å². The summed E-state index contributed by atoms with van der Waals surface area (Å²) in [5, 5.41) is 5.16. The van der Waals surface area contributed by atoms with Crippen molar-refractivity contribution in [2.24, 2.45) is 0 Å². The Bertz CT molecular complexity index is 575. The summed E-state index contributed by atoms with van der Waals surface area (Å²) in [7, 11) is 1.49. The second kappa shape index (κ2) is 6.86. The molecule has 2 amide bonds. The van der Waals surface area contributed by atoms with Gasteiger partial charge in [-0.1, -0.05) is 12.1 Å². The maximum absolute atomic E-state index is 12.2. The van der Waals surface area contributed by atoms with Gasteiger partial charge in [-0.05, 0) is 17.7 Å². The number of piperazine rings is 1. The molecule has 2 rings (SSSR count). The molecule has 0 bridgehead atoms. The molecule has 0 saturated carbocycles. The highest BCUT2D eigenvalue weighted by Gasteiger charge is 2.33. The van der Waals surface area contributed by atoms with E-state index in [1.54, 1.807) is 4.90 Å². The second-order valence-electron chi connectivity index (χ2n) is 4.95. The van der Waals surface area contributed by atoms with Gasteiger partial charge in [0.2, 0.25) is 11.8 Å². The molecule has 9 heteroatoms. The molecule has 1 atom stereocenters. The number of hydrogen-bond acceptors (Lipinski definition) is 4. The van der Waals surface area contributed by atoms with Gasteiger partial charge in [0.05, 0.1) is 6.54 Å². The van der Waals surface area contributed by atoms with E-state index in [2.05, 4.69) is 15.4 Å². The van der Waals surface area contributed by atoms with Crippen LogP contribution < -0.4 is 15.4 Å². The number of halogens is 3. The van der Waals surface area contributed by atoms with Crippen molar-refractivity contribution in [2.45, 2.75) is 12.4 Å². The third-order valence-electron chi connectivity index (χ3n) is 3.37. The highest BCUT2D eigenvalue weighted by molar-refractivity contribution is 5.85. The Hall–Kier alpha value is -2.29. The summed E-state index contributed by atoms with van der Waals surface area (Å²) in [5.41, 5.74) is 0.487. The number of alkyl halides is 3. The average molecular weight is 331 g/mol. The van der Waals surface area contributed by atoms with Crippen LogP contribution in [-0.4, -0.2) is 49.8 Å². The van der Waals surface area contributed by atoms with Crippen molar-refractivity contribution in [3.8, 4) is 5.75 Å². The number of benzene rings is 1. The third-order valence-corrected chi connectivity index (χ3v) is 3.37. The molecule has 23 heavy (non-hydrogen) atoms. The predicted octanol–water partition coefficient (Wildman–Crippen LogP) is 0.804. The maximum atomic E-state index is 12.2. The number of likely N-dealkylation sites (N-methyl/N-ethyl adjacent to an activating group) is 1. The summed E-state index contributed by atoms with van der Waals surface area (Å²) in [5.74, 6) is -0.915. The second-order valence-corrected chi connectivity index (χ2v) is 4.95. The van der Waals surface area contributed by atoms with Gasteiger partial charge in [-0.25, -0.2) is 0 Å². The van der Waals surface area contributed by atoms with Gasteiger partial charge in [-0.2, -0.15) is 0 Å². The van der Waals surface area contributed by atoms with Gasteiger partial charge < -0.3 is 15.4 Å². The summed E-state index contributed by atoms with van der Waals surface area (Å²) in [6.07, 6.45) is -4.77. The molecule has 0 unspecified atom stereocenters. The quantitative estimate of drug-likeness (QED) is 0.856. The molecule has 1 aliphatic heterocycles. The van der Waals surface area contributed by atoms with Crippen molar-refractivity contribution in [1.82, 2.24) is 15.5 Å². The van der Waals surface area contributed by atoms with Crippen molar-refractivity contribution < 1.29 is 27.5 Å². The summed E-state index contributed by atoms with van der Waals surface area (Å²) in [6.45, 7) is 0.890. The number of carbonyl (C=O) groups excluding carboxylic acids is 2. The summed E-state index contributed by atoms with van der Waals surface area (Å²) in [4.78, 5) is 25.3. The minimum Gasteiger partial charge on any atom is -0.406 e. The normalized spacial score (nSPS) is 19.1. The molecule has 1 aromatic carbocycles. The first-order chi connectivity index (χ1) is 10.8. The van der Waals surface area contributed by atoms with E-state index in [0.717, 1.165) is 12.1 Å². The van der Waals surface area contributed by atoms with E-state index in [1.165, 1.54) is 19.2 Å². The lowest BCUT2D eigenvalue weighted by Crippen LogP contribution is -2.52. The fraction of sp³-hybridized carbons (Fsp3) is 0.429. The Morgan fingerprint density at radius 3 is 2.61 bits per heavy atom. The molecular formula is C14H16F3N3O3. The van der Waals surface area contributed by atoms with Gasteiger partial charge >= 0.3 is 6.36 Å². The van der Waals surface area contributed by atoms with Crippen LogP contribution in [0.25, 0.3) is 0 Å². The fourth-order valence-corrected chi connectivity index (χ4v) is 2.36. The first-order valence-electron chi connectivity index (χ1n) is 6.88. The molecular weight excluding hydrogens is 315 g/mol.